The Bertz CT molecular complexity index is 1720. The van der Waals surface area contributed by atoms with E-state index in [4.69, 9.17) is 11.6 Å². The van der Waals surface area contributed by atoms with Crippen LogP contribution in [0, 0.1) is 6.92 Å². The highest BCUT2D eigenvalue weighted by Gasteiger charge is 2.32. The molecule has 0 bridgehead atoms. The summed E-state index contributed by atoms with van der Waals surface area (Å²) in [6.45, 7) is 1.80. The minimum absolute atomic E-state index is 0.126. The first kappa shape index (κ1) is 24.0. The predicted molar refractivity (Wildman–Crippen MR) is 132 cm³/mol. The van der Waals surface area contributed by atoms with Gasteiger partial charge >= 0.3 is 11.9 Å². The van der Waals surface area contributed by atoms with Gasteiger partial charge in [0.25, 0.3) is 5.56 Å². The first-order valence-electron chi connectivity index (χ1n) is 10.6. The van der Waals surface area contributed by atoms with Crippen molar-refractivity contribution in [3.63, 3.8) is 0 Å². The molecule has 184 valence electrons. The van der Waals surface area contributed by atoms with Crippen LogP contribution in [0.4, 0.5) is 13.2 Å². The van der Waals surface area contributed by atoms with Crippen LogP contribution in [-0.4, -0.2) is 24.0 Å². The average molecular weight is 532 g/mol. The summed E-state index contributed by atoms with van der Waals surface area (Å²) in [5.74, 6) is 0. The fraction of sp³-hybridized carbons (Fsp3) is 0.167. The number of thiophene rings is 1. The van der Waals surface area contributed by atoms with E-state index in [1.165, 1.54) is 33.6 Å². The molecule has 0 N–H and O–H groups in total. The predicted octanol–water partition coefficient (Wildman–Crippen LogP) is 5.01. The Hall–Kier alpha value is -3.70. The van der Waals surface area contributed by atoms with Gasteiger partial charge in [0.15, 0.2) is 5.65 Å². The van der Waals surface area contributed by atoms with Crippen molar-refractivity contribution < 1.29 is 13.2 Å². The van der Waals surface area contributed by atoms with E-state index in [0.717, 1.165) is 26.7 Å². The van der Waals surface area contributed by atoms with Gasteiger partial charge < -0.3 is 0 Å². The van der Waals surface area contributed by atoms with Crippen molar-refractivity contribution >= 4 is 28.6 Å². The number of nitrogens with zero attached hydrogens (tertiary/aromatic N) is 5. The van der Waals surface area contributed by atoms with E-state index in [9.17, 15) is 22.8 Å². The summed E-state index contributed by atoms with van der Waals surface area (Å²) >= 11 is 7.50. The summed E-state index contributed by atoms with van der Waals surface area (Å²) in [6, 6.07) is 12.7. The van der Waals surface area contributed by atoms with Crippen molar-refractivity contribution in [3.8, 4) is 21.6 Å². The van der Waals surface area contributed by atoms with Gasteiger partial charge in [0.05, 0.1) is 17.7 Å². The molecule has 0 atom stereocenters. The Balaban J connectivity index is 1.74. The number of hydrogen-bond donors (Lipinski definition) is 0. The largest absolute Gasteiger partial charge is 0.433 e. The lowest BCUT2D eigenvalue weighted by molar-refractivity contribution is -0.141. The topological polar surface area (TPSA) is 74.2 Å². The van der Waals surface area contributed by atoms with E-state index in [1.807, 2.05) is 19.1 Å². The molecule has 0 aliphatic rings. The molecule has 12 heteroatoms. The maximum absolute atomic E-state index is 13.5. The van der Waals surface area contributed by atoms with Crippen LogP contribution < -0.4 is 11.2 Å². The number of halogens is 4. The molecule has 5 aromatic rings. The molecule has 0 fully saturated rings. The van der Waals surface area contributed by atoms with Gasteiger partial charge in [-0.3, -0.25) is 9.78 Å². The minimum Gasteiger partial charge on any atom is -0.267 e. The van der Waals surface area contributed by atoms with Gasteiger partial charge in [0, 0.05) is 28.0 Å². The first-order chi connectivity index (χ1) is 17.0. The SMILES string of the molecule is Cc1ccc(-c2c(-c3ccc(Cl)cc3)c(=O)n(C)n3c(=O)n(Cc4ccc(C(F)(F)F)nc4)nc23)s1. The number of aryl methyl sites for hydroxylation is 2. The second kappa shape index (κ2) is 8.75. The van der Waals surface area contributed by atoms with E-state index < -0.39 is 23.1 Å². The first-order valence-corrected chi connectivity index (χ1v) is 11.8. The third-order valence-electron chi connectivity index (χ3n) is 5.67. The second-order valence-electron chi connectivity index (χ2n) is 8.12. The summed E-state index contributed by atoms with van der Waals surface area (Å²) in [4.78, 5) is 32.0. The van der Waals surface area contributed by atoms with E-state index >= 15 is 0 Å². The van der Waals surface area contributed by atoms with Crippen LogP contribution in [0.1, 0.15) is 16.1 Å². The zero-order valence-corrected chi connectivity index (χ0v) is 20.4. The van der Waals surface area contributed by atoms with E-state index in [-0.39, 0.29) is 12.2 Å². The van der Waals surface area contributed by atoms with Gasteiger partial charge in [-0.15, -0.1) is 16.4 Å². The van der Waals surface area contributed by atoms with Gasteiger partial charge in [-0.25, -0.2) is 14.2 Å². The molecular weight excluding hydrogens is 515 g/mol. The standard InChI is InChI=1S/C24H17ClF3N5O2S/c1-13-3-9-17(36-13)20-19(15-5-7-16(25)8-6-15)22(34)31(2)33-21(20)30-32(23(33)35)12-14-4-10-18(29-11-14)24(26,27)28/h3-11H,12H2,1-2H3. The molecule has 0 unspecified atom stereocenters. The van der Waals surface area contributed by atoms with Crippen molar-refractivity contribution in [1.29, 1.82) is 0 Å². The van der Waals surface area contributed by atoms with Gasteiger partial charge in [-0.2, -0.15) is 17.7 Å². The quantitative estimate of drug-likeness (QED) is 0.327. The van der Waals surface area contributed by atoms with Crippen LogP contribution in [-0.2, 0) is 19.8 Å². The molecule has 0 spiro atoms. The fourth-order valence-electron chi connectivity index (χ4n) is 3.95. The number of fused-ring (bicyclic) bond motifs is 1. The van der Waals surface area contributed by atoms with E-state index in [0.29, 0.717) is 27.3 Å². The van der Waals surface area contributed by atoms with Crippen LogP contribution in [0.25, 0.3) is 27.2 Å². The van der Waals surface area contributed by atoms with Crippen molar-refractivity contribution in [2.45, 2.75) is 19.6 Å². The normalized spacial score (nSPS) is 11.9. The molecule has 0 aliphatic heterocycles. The van der Waals surface area contributed by atoms with Crippen LogP contribution in [0.3, 0.4) is 0 Å². The number of rotatable bonds is 4. The van der Waals surface area contributed by atoms with Gasteiger partial charge in [0.2, 0.25) is 0 Å². The highest BCUT2D eigenvalue weighted by atomic mass is 35.5. The lowest BCUT2D eigenvalue weighted by Crippen LogP contribution is -2.33. The van der Waals surface area contributed by atoms with Gasteiger partial charge in [-0.05, 0) is 48.4 Å². The Labute approximate surface area is 210 Å². The summed E-state index contributed by atoms with van der Waals surface area (Å²) in [6.07, 6.45) is -3.51. The number of hydrogen-bond acceptors (Lipinski definition) is 5. The lowest BCUT2D eigenvalue weighted by Gasteiger charge is -2.12. The molecule has 0 radical (unpaired) electrons. The number of alkyl halides is 3. The third kappa shape index (κ3) is 4.14. The van der Waals surface area contributed by atoms with Crippen molar-refractivity contribution in [2.24, 2.45) is 7.05 Å². The van der Waals surface area contributed by atoms with Gasteiger partial charge in [-0.1, -0.05) is 29.8 Å². The lowest BCUT2D eigenvalue weighted by atomic mass is 10.0. The monoisotopic (exact) mass is 531 g/mol. The molecular formula is C24H17ClF3N5O2S. The Morgan fingerprint density at radius 3 is 2.31 bits per heavy atom. The van der Waals surface area contributed by atoms with E-state index in [1.54, 1.807) is 24.3 Å². The van der Waals surface area contributed by atoms with Crippen LogP contribution in [0.2, 0.25) is 5.02 Å². The Morgan fingerprint density at radius 1 is 1.00 bits per heavy atom. The maximum atomic E-state index is 13.5. The van der Waals surface area contributed by atoms with Crippen LogP contribution in [0.5, 0.6) is 0 Å². The smallest absolute Gasteiger partial charge is 0.267 e. The molecule has 4 heterocycles. The third-order valence-corrected chi connectivity index (χ3v) is 6.94. The molecule has 36 heavy (non-hydrogen) atoms. The van der Waals surface area contributed by atoms with Gasteiger partial charge in [0.1, 0.15) is 5.69 Å². The molecule has 0 saturated carbocycles. The van der Waals surface area contributed by atoms with E-state index in [2.05, 4.69) is 10.1 Å². The molecule has 0 amide bonds. The number of pyridine rings is 1. The zero-order valence-electron chi connectivity index (χ0n) is 18.9. The fourth-order valence-corrected chi connectivity index (χ4v) is 4.99. The molecule has 0 aliphatic carbocycles. The summed E-state index contributed by atoms with van der Waals surface area (Å²) in [5.41, 5.74) is -0.00245. The summed E-state index contributed by atoms with van der Waals surface area (Å²) < 4.78 is 42.1. The minimum atomic E-state index is -4.57. The molecule has 4 aromatic heterocycles. The summed E-state index contributed by atoms with van der Waals surface area (Å²) in [5, 5.41) is 5.02. The van der Waals surface area contributed by atoms with Crippen molar-refractivity contribution in [1.82, 2.24) is 24.0 Å². The molecule has 1 aromatic carbocycles. The number of benzene rings is 1. The second-order valence-corrected chi connectivity index (χ2v) is 9.85. The maximum Gasteiger partial charge on any atom is 0.433 e. The highest BCUT2D eigenvalue weighted by Crippen LogP contribution is 2.36. The average Bonchev–Trinajstić information content (AvgIpc) is 3.40. The molecule has 5 rings (SSSR count). The molecule has 0 saturated heterocycles. The Morgan fingerprint density at radius 2 is 1.72 bits per heavy atom. The van der Waals surface area contributed by atoms with Crippen LogP contribution in [0.15, 0.2) is 64.3 Å². The molecule has 7 nitrogen and oxygen atoms in total. The summed E-state index contributed by atoms with van der Waals surface area (Å²) in [7, 11) is 1.46. The Kier molecular flexibility index (Phi) is 5.84. The van der Waals surface area contributed by atoms with Crippen molar-refractivity contribution in [3.05, 3.63) is 96.7 Å². The highest BCUT2D eigenvalue weighted by molar-refractivity contribution is 7.15. The zero-order chi connectivity index (χ0) is 25.8. The number of aromatic nitrogens is 5. The van der Waals surface area contributed by atoms with Crippen LogP contribution >= 0.6 is 22.9 Å². The van der Waals surface area contributed by atoms with Crippen molar-refractivity contribution in [2.75, 3.05) is 0 Å².